The molecule has 0 heterocycles. The molecular formula is C9H14N2O3. The number of carboxylic acid groups (broad SMARTS) is 1. The van der Waals surface area contributed by atoms with Gasteiger partial charge in [-0.25, -0.2) is 4.79 Å². The highest BCUT2D eigenvalue weighted by Gasteiger charge is 2.35. The number of carbonyl (C=O) groups excluding carboxylic acids is 1. The first-order valence-corrected chi connectivity index (χ1v) is 4.95. The maximum absolute atomic E-state index is 11.2. The number of carboxylic acids is 1. The number of aliphatic carboxylic acids is 1. The van der Waals surface area contributed by atoms with E-state index in [0.717, 1.165) is 12.8 Å². The van der Waals surface area contributed by atoms with Crippen molar-refractivity contribution in [2.24, 2.45) is 5.92 Å². The van der Waals surface area contributed by atoms with E-state index in [0.29, 0.717) is 18.9 Å². The second-order valence-electron chi connectivity index (χ2n) is 4.10. The minimum absolute atomic E-state index is 0.0508. The van der Waals surface area contributed by atoms with Crippen LogP contribution in [0.4, 0.5) is 4.79 Å². The summed E-state index contributed by atoms with van der Waals surface area (Å²) in [6.45, 7) is 0. The smallest absolute Gasteiger partial charge is 0.315 e. The predicted octanol–water partition coefficient (Wildman–Crippen LogP) is 0.311. The molecule has 2 rings (SSSR count). The van der Waals surface area contributed by atoms with Crippen LogP contribution < -0.4 is 10.6 Å². The third-order valence-corrected chi connectivity index (χ3v) is 2.74. The first-order chi connectivity index (χ1) is 6.65. The molecule has 0 aromatic rings. The fourth-order valence-corrected chi connectivity index (χ4v) is 1.58. The van der Waals surface area contributed by atoms with Crippen molar-refractivity contribution in [2.75, 3.05) is 0 Å². The highest BCUT2D eigenvalue weighted by molar-refractivity contribution is 5.76. The zero-order chi connectivity index (χ0) is 10.1. The molecule has 0 aromatic carbocycles. The number of urea groups is 1. The summed E-state index contributed by atoms with van der Waals surface area (Å²) in [6.07, 6.45) is 3.26. The van der Waals surface area contributed by atoms with E-state index < -0.39 is 5.97 Å². The van der Waals surface area contributed by atoms with Crippen molar-refractivity contribution in [1.82, 2.24) is 10.6 Å². The molecule has 14 heavy (non-hydrogen) atoms. The lowest BCUT2D eigenvalue weighted by atomic mass is 9.80. The predicted molar refractivity (Wildman–Crippen MR) is 48.8 cm³/mol. The SMILES string of the molecule is O=C(NC1CC1)NC1CC(C(=O)O)C1. The molecule has 0 unspecified atom stereocenters. The van der Waals surface area contributed by atoms with E-state index in [-0.39, 0.29) is 18.0 Å². The van der Waals surface area contributed by atoms with Crippen LogP contribution in [0.25, 0.3) is 0 Å². The Kier molecular flexibility index (Phi) is 2.31. The minimum Gasteiger partial charge on any atom is -0.481 e. The molecule has 0 saturated heterocycles. The molecule has 78 valence electrons. The topological polar surface area (TPSA) is 78.4 Å². The molecule has 0 spiro atoms. The van der Waals surface area contributed by atoms with Gasteiger partial charge in [-0.05, 0) is 25.7 Å². The molecule has 3 N–H and O–H groups in total. The highest BCUT2D eigenvalue weighted by atomic mass is 16.4. The number of amides is 2. The molecule has 5 nitrogen and oxygen atoms in total. The van der Waals surface area contributed by atoms with Gasteiger partial charge in [0.15, 0.2) is 0 Å². The summed E-state index contributed by atoms with van der Waals surface area (Å²) in [5.74, 6) is -1.02. The van der Waals surface area contributed by atoms with Crippen LogP contribution in [0.5, 0.6) is 0 Å². The molecule has 2 fully saturated rings. The van der Waals surface area contributed by atoms with Crippen LogP contribution in [-0.4, -0.2) is 29.2 Å². The van der Waals surface area contributed by atoms with Crippen LogP contribution in [0.15, 0.2) is 0 Å². The van der Waals surface area contributed by atoms with Crippen LogP contribution in [0.2, 0.25) is 0 Å². The van der Waals surface area contributed by atoms with Gasteiger partial charge >= 0.3 is 12.0 Å². The van der Waals surface area contributed by atoms with Gasteiger partial charge in [-0.15, -0.1) is 0 Å². The third-order valence-electron chi connectivity index (χ3n) is 2.74. The van der Waals surface area contributed by atoms with Gasteiger partial charge in [0.1, 0.15) is 0 Å². The number of carbonyl (C=O) groups is 2. The van der Waals surface area contributed by atoms with Gasteiger partial charge in [0, 0.05) is 12.1 Å². The Morgan fingerprint density at radius 1 is 1.07 bits per heavy atom. The largest absolute Gasteiger partial charge is 0.481 e. The minimum atomic E-state index is -0.759. The average Bonchev–Trinajstić information content (AvgIpc) is 2.78. The van der Waals surface area contributed by atoms with Gasteiger partial charge in [0.25, 0.3) is 0 Å². The maximum atomic E-state index is 11.2. The van der Waals surface area contributed by atoms with Crippen molar-refractivity contribution in [3.63, 3.8) is 0 Å². The maximum Gasteiger partial charge on any atom is 0.315 e. The Bertz CT molecular complexity index is 257. The van der Waals surface area contributed by atoms with Crippen molar-refractivity contribution in [1.29, 1.82) is 0 Å². The van der Waals surface area contributed by atoms with Gasteiger partial charge < -0.3 is 15.7 Å². The normalized spacial score (nSPS) is 30.3. The Balaban J connectivity index is 1.62. The fraction of sp³-hybridized carbons (Fsp3) is 0.778. The highest BCUT2D eigenvalue weighted by Crippen LogP contribution is 2.27. The molecule has 0 aromatic heterocycles. The molecular weight excluding hydrogens is 184 g/mol. The summed E-state index contributed by atoms with van der Waals surface area (Å²) in [5, 5.41) is 14.2. The molecule has 2 amide bonds. The Morgan fingerprint density at radius 3 is 2.14 bits per heavy atom. The summed E-state index contributed by atoms with van der Waals surface area (Å²) in [7, 11) is 0. The van der Waals surface area contributed by atoms with Crippen molar-refractivity contribution in [2.45, 2.75) is 37.8 Å². The lowest BCUT2D eigenvalue weighted by Crippen LogP contribution is -2.50. The molecule has 5 heteroatoms. The van der Waals surface area contributed by atoms with E-state index in [1.807, 2.05) is 0 Å². The number of rotatable bonds is 3. The van der Waals surface area contributed by atoms with Crippen molar-refractivity contribution < 1.29 is 14.7 Å². The molecule has 0 aliphatic heterocycles. The third kappa shape index (κ3) is 2.16. The van der Waals surface area contributed by atoms with E-state index in [1.165, 1.54) is 0 Å². The lowest BCUT2D eigenvalue weighted by molar-refractivity contribution is -0.145. The average molecular weight is 198 g/mol. The number of nitrogens with one attached hydrogen (secondary N) is 2. The van der Waals surface area contributed by atoms with Crippen LogP contribution in [0, 0.1) is 5.92 Å². The Hall–Kier alpha value is -1.26. The molecule has 0 atom stereocenters. The fourth-order valence-electron chi connectivity index (χ4n) is 1.58. The first-order valence-electron chi connectivity index (χ1n) is 4.95. The molecule has 2 aliphatic carbocycles. The van der Waals surface area contributed by atoms with Crippen LogP contribution in [0.1, 0.15) is 25.7 Å². The zero-order valence-corrected chi connectivity index (χ0v) is 7.82. The van der Waals surface area contributed by atoms with Crippen molar-refractivity contribution in [3.8, 4) is 0 Å². The van der Waals surface area contributed by atoms with Crippen molar-refractivity contribution in [3.05, 3.63) is 0 Å². The summed E-state index contributed by atoms with van der Waals surface area (Å²) in [6, 6.07) is 0.251. The Labute approximate surface area is 81.9 Å². The molecule has 2 saturated carbocycles. The van der Waals surface area contributed by atoms with Crippen LogP contribution >= 0.6 is 0 Å². The molecule has 0 bridgehead atoms. The van der Waals surface area contributed by atoms with Gasteiger partial charge in [-0.3, -0.25) is 4.79 Å². The zero-order valence-electron chi connectivity index (χ0n) is 7.82. The van der Waals surface area contributed by atoms with E-state index in [2.05, 4.69) is 10.6 Å². The molecule has 2 aliphatic rings. The Morgan fingerprint density at radius 2 is 1.64 bits per heavy atom. The summed E-state index contributed by atoms with van der Waals surface area (Å²) in [5.41, 5.74) is 0. The number of hydrogen-bond acceptors (Lipinski definition) is 2. The first kappa shape index (κ1) is 9.30. The quantitative estimate of drug-likeness (QED) is 0.610. The van der Waals surface area contributed by atoms with Gasteiger partial charge in [-0.1, -0.05) is 0 Å². The van der Waals surface area contributed by atoms with Gasteiger partial charge in [-0.2, -0.15) is 0 Å². The van der Waals surface area contributed by atoms with E-state index in [4.69, 9.17) is 5.11 Å². The van der Waals surface area contributed by atoms with E-state index in [1.54, 1.807) is 0 Å². The summed E-state index contributed by atoms with van der Waals surface area (Å²) in [4.78, 5) is 21.7. The van der Waals surface area contributed by atoms with Gasteiger partial charge in [0.2, 0.25) is 0 Å². The standard InChI is InChI=1S/C9H14N2O3/c12-8(13)5-3-7(4-5)11-9(14)10-6-1-2-6/h5-7H,1-4H2,(H,12,13)(H2,10,11,14). The number of hydrogen-bond donors (Lipinski definition) is 3. The van der Waals surface area contributed by atoms with E-state index in [9.17, 15) is 9.59 Å². The van der Waals surface area contributed by atoms with Crippen LogP contribution in [-0.2, 0) is 4.79 Å². The van der Waals surface area contributed by atoms with E-state index >= 15 is 0 Å². The second kappa shape index (κ2) is 3.48. The summed E-state index contributed by atoms with van der Waals surface area (Å²) >= 11 is 0. The van der Waals surface area contributed by atoms with Crippen molar-refractivity contribution >= 4 is 12.0 Å². The van der Waals surface area contributed by atoms with Crippen LogP contribution in [0.3, 0.4) is 0 Å². The van der Waals surface area contributed by atoms with Gasteiger partial charge in [0.05, 0.1) is 5.92 Å². The molecule has 0 radical (unpaired) electrons. The second-order valence-corrected chi connectivity index (χ2v) is 4.10. The summed E-state index contributed by atoms with van der Waals surface area (Å²) < 4.78 is 0. The monoisotopic (exact) mass is 198 g/mol. The lowest BCUT2D eigenvalue weighted by Gasteiger charge is -2.32.